The first kappa shape index (κ1) is 17.5. The maximum atomic E-state index is 13.0. The van der Waals surface area contributed by atoms with Gasteiger partial charge < -0.3 is 18.8 Å². The molecular weight excluding hydrogens is 334 g/mol. The third-order valence-corrected chi connectivity index (χ3v) is 3.99. The van der Waals surface area contributed by atoms with E-state index in [2.05, 4.69) is 0 Å². The van der Waals surface area contributed by atoms with Gasteiger partial charge in [-0.1, -0.05) is 18.2 Å². The van der Waals surface area contributed by atoms with Crippen LogP contribution in [-0.4, -0.2) is 32.2 Å². The van der Waals surface area contributed by atoms with Crippen molar-refractivity contribution in [1.82, 2.24) is 4.90 Å². The minimum absolute atomic E-state index is 0.168. The zero-order chi connectivity index (χ0) is 18.8. The van der Waals surface area contributed by atoms with Gasteiger partial charge in [0.05, 0.1) is 18.1 Å². The molecule has 0 bridgehead atoms. The molecule has 6 heteroatoms. The van der Waals surface area contributed by atoms with Gasteiger partial charge in [-0.05, 0) is 25.1 Å². The number of para-hydroxylation sites is 1. The number of fused-ring (bicyclic) bond motifs is 1. The molecule has 0 saturated heterocycles. The Hall–Kier alpha value is -3.28. The van der Waals surface area contributed by atoms with Crippen LogP contribution in [0.25, 0.3) is 22.1 Å². The van der Waals surface area contributed by atoms with Gasteiger partial charge in [0, 0.05) is 25.7 Å². The molecule has 0 fully saturated rings. The average Bonchev–Trinajstić information content (AvgIpc) is 2.61. The summed E-state index contributed by atoms with van der Waals surface area (Å²) < 4.78 is 16.4. The highest BCUT2D eigenvalue weighted by Gasteiger charge is 2.17. The van der Waals surface area contributed by atoms with Crippen LogP contribution >= 0.6 is 0 Å². The number of hydrogen-bond acceptors (Lipinski definition) is 5. The number of methoxy groups -OCH3 is 1. The van der Waals surface area contributed by atoms with Crippen LogP contribution in [0, 0.1) is 6.92 Å². The van der Waals surface area contributed by atoms with Gasteiger partial charge in [-0.2, -0.15) is 0 Å². The zero-order valence-corrected chi connectivity index (χ0v) is 15.0. The summed E-state index contributed by atoms with van der Waals surface area (Å²) >= 11 is 0. The first-order valence-electron chi connectivity index (χ1n) is 8.02. The van der Waals surface area contributed by atoms with E-state index in [0.29, 0.717) is 39.4 Å². The van der Waals surface area contributed by atoms with Crippen LogP contribution in [0.2, 0.25) is 0 Å². The molecule has 1 aromatic heterocycles. The van der Waals surface area contributed by atoms with Crippen molar-refractivity contribution < 1.29 is 18.7 Å². The molecule has 0 unspecified atom stereocenters. The maximum Gasteiger partial charge on any atom is 0.414 e. The molecular formula is C20H19NO5. The van der Waals surface area contributed by atoms with Crippen molar-refractivity contribution in [3.05, 3.63) is 58.4 Å². The highest BCUT2D eigenvalue weighted by molar-refractivity contribution is 5.85. The summed E-state index contributed by atoms with van der Waals surface area (Å²) in [6.45, 7) is 1.72. The molecule has 2 aromatic carbocycles. The van der Waals surface area contributed by atoms with Crippen molar-refractivity contribution in [3.8, 4) is 22.6 Å². The number of carbonyl (C=O) groups excluding carboxylic acids is 1. The number of rotatable bonds is 3. The minimum Gasteiger partial charge on any atom is -0.496 e. The van der Waals surface area contributed by atoms with E-state index in [4.69, 9.17) is 13.9 Å². The van der Waals surface area contributed by atoms with Crippen LogP contribution in [-0.2, 0) is 0 Å². The molecule has 0 spiro atoms. The lowest BCUT2D eigenvalue weighted by molar-refractivity contribution is 0.172. The van der Waals surface area contributed by atoms with Gasteiger partial charge in [0.1, 0.15) is 22.8 Å². The van der Waals surface area contributed by atoms with Crippen LogP contribution in [0.5, 0.6) is 11.5 Å². The van der Waals surface area contributed by atoms with Gasteiger partial charge in [-0.3, -0.25) is 4.79 Å². The molecule has 0 radical (unpaired) electrons. The molecule has 26 heavy (non-hydrogen) atoms. The Bertz CT molecular complexity index is 1040. The topological polar surface area (TPSA) is 69.0 Å². The standard InChI is InChI=1S/C20H19NO5/c1-12-18(14-7-5-6-8-16(14)24-4)19(22)15-10-9-13(11-17(15)25-12)26-20(23)21(2)3/h5-11H,1-4H3. The summed E-state index contributed by atoms with van der Waals surface area (Å²) in [6, 6.07) is 12.0. The Morgan fingerprint density at radius 1 is 1.12 bits per heavy atom. The number of benzene rings is 2. The van der Waals surface area contributed by atoms with E-state index in [0.717, 1.165) is 0 Å². The van der Waals surface area contributed by atoms with Gasteiger partial charge in [0.15, 0.2) is 0 Å². The number of nitrogens with zero attached hydrogens (tertiary/aromatic N) is 1. The smallest absolute Gasteiger partial charge is 0.414 e. The van der Waals surface area contributed by atoms with Crippen LogP contribution in [0.15, 0.2) is 51.7 Å². The summed E-state index contributed by atoms with van der Waals surface area (Å²) in [5.74, 6) is 1.37. The van der Waals surface area contributed by atoms with E-state index >= 15 is 0 Å². The third kappa shape index (κ3) is 3.13. The van der Waals surface area contributed by atoms with Crippen molar-refractivity contribution in [2.75, 3.05) is 21.2 Å². The molecule has 0 aliphatic carbocycles. The maximum absolute atomic E-state index is 13.0. The molecule has 3 aromatic rings. The fourth-order valence-corrected chi connectivity index (χ4v) is 2.70. The van der Waals surface area contributed by atoms with E-state index in [1.807, 2.05) is 18.2 Å². The lowest BCUT2D eigenvalue weighted by atomic mass is 10.0. The monoisotopic (exact) mass is 353 g/mol. The fraction of sp³-hybridized carbons (Fsp3) is 0.200. The van der Waals surface area contributed by atoms with E-state index in [1.54, 1.807) is 46.3 Å². The second-order valence-corrected chi connectivity index (χ2v) is 5.98. The van der Waals surface area contributed by atoms with Gasteiger partial charge >= 0.3 is 6.09 Å². The Balaban J connectivity index is 2.15. The third-order valence-electron chi connectivity index (χ3n) is 3.99. The minimum atomic E-state index is -0.505. The van der Waals surface area contributed by atoms with Crippen LogP contribution in [0.3, 0.4) is 0 Å². The lowest BCUT2D eigenvalue weighted by Gasteiger charge is -2.12. The molecule has 134 valence electrons. The Kier molecular flexibility index (Phi) is 4.67. The van der Waals surface area contributed by atoms with Gasteiger partial charge in [0.2, 0.25) is 5.43 Å². The van der Waals surface area contributed by atoms with Crippen molar-refractivity contribution >= 4 is 17.1 Å². The molecule has 3 rings (SSSR count). The Morgan fingerprint density at radius 2 is 1.85 bits per heavy atom. The first-order valence-corrected chi connectivity index (χ1v) is 8.02. The molecule has 0 atom stereocenters. The molecule has 1 heterocycles. The fourth-order valence-electron chi connectivity index (χ4n) is 2.70. The summed E-state index contributed by atoms with van der Waals surface area (Å²) in [6.07, 6.45) is -0.505. The second-order valence-electron chi connectivity index (χ2n) is 5.98. The average molecular weight is 353 g/mol. The summed E-state index contributed by atoms with van der Waals surface area (Å²) in [7, 11) is 4.74. The summed E-state index contributed by atoms with van der Waals surface area (Å²) in [5.41, 5.74) is 1.31. The van der Waals surface area contributed by atoms with E-state index < -0.39 is 6.09 Å². The number of amides is 1. The largest absolute Gasteiger partial charge is 0.496 e. The van der Waals surface area contributed by atoms with Crippen molar-refractivity contribution in [3.63, 3.8) is 0 Å². The molecule has 6 nitrogen and oxygen atoms in total. The predicted octanol–water partition coefficient (Wildman–Crippen LogP) is 3.84. The predicted molar refractivity (Wildman–Crippen MR) is 98.9 cm³/mol. The summed E-state index contributed by atoms with van der Waals surface area (Å²) in [4.78, 5) is 26.0. The van der Waals surface area contributed by atoms with Crippen molar-refractivity contribution in [1.29, 1.82) is 0 Å². The quantitative estimate of drug-likeness (QED) is 0.716. The van der Waals surface area contributed by atoms with Gasteiger partial charge in [-0.15, -0.1) is 0 Å². The normalized spacial score (nSPS) is 10.6. The zero-order valence-electron chi connectivity index (χ0n) is 15.0. The molecule has 1 amide bonds. The van der Waals surface area contributed by atoms with Gasteiger partial charge in [-0.25, -0.2) is 4.79 Å². The highest BCUT2D eigenvalue weighted by Crippen LogP contribution is 2.32. The number of ether oxygens (including phenoxy) is 2. The number of hydrogen-bond donors (Lipinski definition) is 0. The molecule has 0 aliphatic rings. The van der Waals surface area contributed by atoms with Crippen molar-refractivity contribution in [2.24, 2.45) is 0 Å². The van der Waals surface area contributed by atoms with Crippen LogP contribution < -0.4 is 14.9 Å². The van der Waals surface area contributed by atoms with E-state index in [1.165, 1.54) is 11.0 Å². The van der Waals surface area contributed by atoms with Crippen LogP contribution in [0.1, 0.15) is 5.76 Å². The summed E-state index contributed by atoms with van der Waals surface area (Å²) in [5, 5.41) is 0.404. The van der Waals surface area contributed by atoms with Crippen molar-refractivity contribution in [2.45, 2.75) is 6.92 Å². The molecule has 0 aliphatic heterocycles. The SMILES string of the molecule is COc1ccccc1-c1c(C)oc2cc(OC(=O)N(C)C)ccc2c1=O. The Morgan fingerprint density at radius 3 is 2.54 bits per heavy atom. The second kappa shape index (κ2) is 6.92. The van der Waals surface area contributed by atoms with E-state index in [-0.39, 0.29) is 5.43 Å². The molecule has 0 N–H and O–H groups in total. The number of carbonyl (C=O) groups is 1. The molecule has 0 saturated carbocycles. The van der Waals surface area contributed by atoms with Crippen LogP contribution in [0.4, 0.5) is 4.79 Å². The van der Waals surface area contributed by atoms with E-state index in [9.17, 15) is 9.59 Å². The number of aryl methyl sites for hydroxylation is 1. The Labute approximate surface area is 150 Å². The first-order chi connectivity index (χ1) is 12.4. The lowest BCUT2D eigenvalue weighted by Crippen LogP contribution is -2.25. The highest BCUT2D eigenvalue weighted by atomic mass is 16.6. The van der Waals surface area contributed by atoms with Gasteiger partial charge in [0.25, 0.3) is 0 Å².